The average molecular weight is 253 g/mol. The molecule has 1 aromatic rings. The second-order valence-corrected chi connectivity index (χ2v) is 5.22. The van der Waals surface area contributed by atoms with Gasteiger partial charge in [-0.3, -0.25) is 4.79 Å². The van der Waals surface area contributed by atoms with Gasteiger partial charge in [0.05, 0.1) is 12.7 Å². The molecule has 3 heteroatoms. The van der Waals surface area contributed by atoms with Crippen LogP contribution in [0.25, 0.3) is 0 Å². The molecule has 0 spiro atoms. The molecule has 1 aliphatic rings. The molecule has 0 radical (unpaired) electrons. The molecule has 1 aromatic carbocycles. The van der Waals surface area contributed by atoms with Crippen molar-refractivity contribution in [3.8, 4) is 0 Å². The minimum absolute atomic E-state index is 0.0439. The molecular formula is C14H17ClO2. The first-order valence-electron chi connectivity index (χ1n) is 5.95. The monoisotopic (exact) mass is 252 g/mol. The molecule has 0 aromatic heterocycles. The van der Waals surface area contributed by atoms with E-state index in [1.54, 1.807) is 0 Å². The normalized spacial score (nSPS) is 23.9. The molecule has 2 rings (SSSR count). The van der Waals surface area contributed by atoms with Gasteiger partial charge in [0, 0.05) is 17.4 Å². The number of ketones is 1. The summed E-state index contributed by atoms with van der Waals surface area (Å²) in [5, 5.41) is 0.685. The zero-order valence-electron chi connectivity index (χ0n) is 10.2. The van der Waals surface area contributed by atoms with Crippen LogP contribution < -0.4 is 0 Å². The summed E-state index contributed by atoms with van der Waals surface area (Å²) in [5.41, 5.74) is 2.03. The van der Waals surface area contributed by atoms with E-state index in [1.165, 1.54) is 0 Å². The maximum Gasteiger partial charge on any atom is 0.142 e. The van der Waals surface area contributed by atoms with Gasteiger partial charge in [0.25, 0.3) is 0 Å². The summed E-state index contributed by atoms with van der Waals surface area (Å²) in [6, 6.07) is 5.83. The van der Waals surface area contributed by atoms with Gasteiger partial charge in [0.15, 0.2) is 0 Å². The van der Waals surface area contributed by atoms with Crippen LogP contribution in [0.4, 0.5) is 0 Å². The third-order valence-corrected chi connectivity index (χ3v) is 3.58. The maximum atomic E-state index is 12.1. The van der Waals surface area contributed by atoms with Crippen molar-refractivity contribution in [2.24, 2.45) is 5.92 Å². The number of halogens is 1. The van der Waals surface area contributed by atoms with Gasteiger partial charge in [0.1, 0.15) is 5.78 Å². The van der Waals surface area contributed by atoms with Crippen LogP contribution in [-0.4, -0.2) is 18.5 Å². The van der Waals surface area contributed by atoms with E-state index >= 15 is 0 Å². The first-order chi connectivity index (χ1) is 8.06. The smallest absolute Gasteiger partial charge is 0.142 e. The minimum atomic E-state index is 0.0439. The molecule has 2 unspecified atom stereocenters. The number of hydrogen-bond donors (Lipinski definition) is 0. The number of carbonyl (C=O) groups excluding carboxylic acids is 1. The highest BCUT2D eigenvalue weighted by atomic mass is 35.5. The van der Waals surface area contributed by atoms with Crippen LogP contribution in [-0.2, 0) is 16.0 Å². The van der Waals surface area contributed by atoms with Crippen LogP contribution in [0, 0.1) is 12.8 Å². The third kappa shape index (κ3) is 3.08. The summed E-state index contributed by atoms with van der Waals surface area (Å²) < 4.78 is 5.42. The Morgan fingerprint density at radius 1 is 1.53 bits per heavy atom. The topological polar surface area (TPSA) is 26.3 Å². The van der Waals surface area contributed by atoms with Crippen molar-refractivity contribution in [1.82, 2.24) is 0 Å². The van der Waals surface area contributed by atoms with Crippen molar-refractivity contribution < 1.29 is 9.53 Å². The number of aryl methyl sites for hydroxylation is 1. The lowest BCUT2D eigenvalue weighted by Gasteiger charge is -2.08. The lowest BCUT2D eigenvalue weighted by atomic mass is 9.95. The molecule has 92 valence electrons. The number of carbonyl (C=O) groups is 1. The number of benzene rings is 1. The van der Waals surface area contributed by atoms with Crippen molar-refractivity contribution >= 4 is 17.4 Å². The Hall–Kier alpha value is -0.860. The molecule has 0 N–H and O–H groups in total. The fraction of sp³-hybridized carbons (Fsp3) is 0.500. The second-order valence-electron chi connectivity index (χ2n) is 4.81. The van der Waals surface area contributed by atoms with E-state index in [0.29, 0.717) is 18.1 Å². The zero-order valence-corrected chi connectivity index (χ0v) is 11.0. The van der Waals surface area contributed by atoms with E-state index in [1.807, 2.05) is 32.0 Å². The Morgan fingerprint density at radius 3 is 2.88 bits per heavy atom. The molecule has 1 saturated heterocycles. The molecule has 1 aliphatic heterocycles. The Balaban J connectivity index is 2.03. The van der Waals surface area contributed by atoms with Gasteiger partial charge >= 0.3 is 0 Å². The highest BCUT2D eigenvalue weighted by Crippen LogP contribution is 2.24. The first-order valence-corrected chi connectivity index (χ1v) is 6.33. The Bertz CT molecular complexity index is 428. The van der Waals surface area contributed by atoms with Gasteiger partial charge in [-0.25, -0.2) is 0 Å². The van der Waals surface area contributed by atoms with Gasteiger partial charge in [-0.05, 0) is 37.5 Å². The predicted molar refractivity (Wildman–Crippen MR) is 68.4 cm³/mol. The van der Waals surface area contributed by atoms with Gasteiger partial charge in [-0.15, -0.1) is 0 Å². The van der Waals surface area contributed by atoms with Crippen LogP contribution in [0.5, 0.6) is 0 Å². The molecule has 1 fully saturated rings. The van der Waals surface area contributed by atoms with E-state index < -0.39 is 0 Å². The van der Waals surface area contributed by atoms with E-state index in [2.05, 4.69) is 0 Å². The van der Waals surface area contributed by atoms with Crippen LogP contribution in [0.1, 0.15) is 24.5 Å². The van der Waals surface area contributed by atoms with Gasteiger partial charge in [-0.2, -0.15) is 0 Å². The van der Waals surface area contributed by atoms with E-state index in [4.69, 9.17) is 16.3 Å². The Labute approximate surface area is 107 Å². The van der Waals surface area contributed by atoms with E-state index in [9.17, 15) is 4.79 Å². The van der Waals surface area contributed by atoms with Crippen LogP contribution in [0.15, 0.2) is 18.2 Å². The second kappa shape index (κ2) is 5.19. The fourth-order valence-corrected chi connectivity index (χ4v) is 2.47. The van der Waals surface area contributed by atoms with Crippen molar-refractivity contribution in [3.05, 3.63) is 34.3 Å². The summed E-state index contributed by atoms with van der Waals surface area (Å²) in [4.78, 5) is 12.1. The van der Waals surface area contributed by atoms with Gasteiger partial charge in [0.2, 0.25) is 0 Å². The summed E-state index contributed by atoms with van der Waals surface area (Å²) >= 11 is 6.13. The molecule has 17 heavy (non-hydrogen) atoms. The molecular weight excluding hydrogens is 236 g/mol. The van der Waals surface area contributed by atoms with Crippen LogP contribution >= 0.6 is 11.6 Å². The van der Waals surface area contributed by atoms with Crippen LogP contribution in [0.2, 0.25) is 5.02 Å². The molecule has 2 atom stereocenters. The summed E-state index contributed by atoms with van der Waals surface area (Å²) in [5.74, 6) is 0.280. The van der Waals surface area contributed by atoms with E-state index in [-0.39, 0.29) is 17.8 Å². The largest absolute Gasteiger partial charge is 0.378 e. The fourth-order valence-electron chi connectivity index (χ4n) is 2.17. The van der Waals surface area contributed by atoms with Gasteiger partial charge < -0.3 is 4.74 Å². The SMILES string of the molecule is Cc1ccc(CC(=O)C2COC(C)C2)c(Cl)c1. The van der Waals surface area contributed by atoms with Crippen molar-refractivity contribution in [2.75, 3.05) is 6.61 Å². The third-order valence-electron chi connectivity index (χ3n) is 3.23. The Kier molecular flexibility index (Phi) is 3.85. The number of hydrogen-bond acceptors (Lipinski definition) is 2. The quantitative estimate of drug-likeness (QED) is 0.826. The Morgan fingerprint density at radius 2 is 2.29 bits per heavy atom. The average Bonchev–Trinajstić information content (AvgIpc) is 2.69. The minimum Gasteiger partial charge on any atom is -0.378 e. The highest BCUT2D eigenvalue weighted by Gasteiger charge is 2.28. The number of Topliss-reactive ketones (excluding diaryl/α,β-unsaturated/α-hetero) is 1. The summed E-state index contributed by atoms with van der Waals surface area (Å²) in [6.45, 7) is 4.56. The van der Waals surface area contributed by atoms with Crippen LogP contribution in [0.3, 0.4) is 0 Å². The van der Waals surface area contributed by atoms with Crippen molar-refractivity contribution in [3.63, 3.8) is 0 Å². The lowest BCUT2D eigenvalue weighted by molar-refractivity contribution is -0.122. The number of ether oxygens (including phenoxy) is 1. The first kappa shape index (κ1) is 12.6. The van der Waals surface area contributed by atoms with Crippen molar-refractivity contribution in [2.45, 2.75) is 32.8 Å². The summed E-state index contributed by atoms with van der Waals surface area (Å²) in [7, 11) is 0. The molecule has 2 nitrogen and oxygen atoms in total. The van der Waals surface area contributed by atoms with Gasteiger partial charge in [-0.1, -0.05) is 23.7 Å². The molecule has 1 heterocycles. The lowest BCUT2D eigenvalue weighted by Crippen LogP contribution is -2.17. The molecule has 0 amide bonds. The number of rotatable bonds is 3. The molecule has 0 saturated carbocycles. The zero-order chi connectivity index (χ0) is 12.4. The van der Waals surface area contributed by atoms with E-state index in [0.717, 1.165) is 17.5 Å². The summed E-state index contributed by atoms with van der Waals surface area (Å²) in [6.07, 6.45) is 1.46. The maximum absolute atomic E-state index is 12.1. The predicted octanol–water partition coefficient (Wildman–Crippen LogP) is 3.19. The molecule has 0 bridgehead atoms. The standard InChI is InChI=1S/C14H17ClO2/c1-9-3-4-11(13(15)5-9)7-14(16)12-6-10(2)17-8-12/h3-5,10,12H,6-8H2,1-2H3. The highest BCUT2D eigenvalue weighted by molar-refractivity contribution is 6.31. The molecule has 0 aliphatic carbocycles. The van der Waals surface area contributed by atoms with Crippen molar-refractivity contribution in [1.29, 1.82) is 0 Å².